The van der Waals surface area contributed by atoms with Crippen LogP contribution in [0.2, 0.25) is 0 Å². The van der Waals surface area contributed by atoms with Gasteiger partial charge in [-0.2, -0.15) is 0 Å². The molecule has 2 rings (SSSR count). The first-order chi connectivity index (χ1) is 8.72. The van der Waals surface area contributed by atoms with Gasteiger partial charge in [0.1, 0.15) is 12.4 Å². The van der Waals surface area contributed by atoms with Gasteiger partial charge < -0.3 is 10.3 Å². The first-order valence-electron chi connectivity index (χ1n) is 5.83. The Balaban J connectivity index is 1.96. The van der Waals surface area contributed by atoms with Crippen LogP contribution in [0.1, 0.15) is 18.4 Å². The number of carbonyl (C=O) groups is 1. The van der Waals surface area contributed by atoms with Crippen LogP contribution in [-0.2, 0) is 30.8 Å². The van der Waals surface area contributed by atoms with Gasteiger partial charge in [-0.1, -0.05) is 5.21 Å². The van der Waals surface area contributed by atoms with E-state index in [0.29, 0.717) is 18.7 Å². The summed E-state index contributed by atoms with van der Waals surface area (Å²) in [5.74, 6) is 0.825. The van der Waals surface area contributed by atoms with E-state index in [4.69, 9.17) is 5.73 Å². The van der Waals surface area contributed by atoms with Crippen LogP contribution in [-0.4, -0.2) is 30.3 Å². The maximum atomic E-state index is 11.9. The molecule has 2 heterocycles. The third-order valence-corrected chi connectivity index (χ3v) is 2.63. The molecule has 7 nitrogen and oxygen atoms in total. The molecule has 0 aliphatic heterocycles. The molecule has 0 saturated heterocycles. The number of nitrogens with zero attached hydrogens (tertiary/aromatic N) is 5. The van der Waals surface area contributed by atoms with Gasteiger partial charge in [0.25, 0.3) is 0 Å². The number of nitrogens with two attached hydrogens (primary N) is 1. The fraction of sp³-hybridized carbons (Fsp3) is 0.455. The Hall–Kier alpha value is -2.02. The Kier molecular flexibility index (Phi) is 3.83. The van der Waals surface area contributed by atoms with Gasteiger partial charge in [-0.15, -0.1) is 5.10 Å². The smallest absolute Gasteiger partial charge is 0.161 e. The van der Waals surface area contributed by atoms with E-state index in [-0.39, 0.29) is 12.3 Å². The molecule has 0 spiro atoms. The van der Waals surface area contributed by atoms with Crippen LogP contribution in [0.4, 0.5) is 0 Å². The molecule has 0 bridgehead atoms. The van der Waals surface area contributed by atoms with E-state index in [1.165, 1.54) is 4.68 Å². The van der Waals surface area contributed by atoms with Crippen molar-refractivity contribution in [2.24, 2.45) is 5.73 Å². The summed E-state index contributed by atoms with van der Waals surface area (Å²) in [6, 6.07) is 0. The van der Waals surface area contributed by atoms with E-state index in [9.17, 15) is 4.79 Å². The molecule has 0 aliphatic carbocycles. The number of aromatic nitrogens is 5. The van der Waals surface area contributed by atoms with Crippen molar-refractivity contribution < 1.29 is 4.79 Å². The van der Waals surface area contributed by atoms with Crippen LogP contribution in [0.3, 0.4) is 0 Å². The third kappa shape index (κ3) is 2.80. The largest absolute Gasteiger partial charge is 0.335 e. The summed E-state index contributed by atoms with van der Waals surface area (Å²) < 4.78 is 3.45. The summed E-state index contributed by atoms with van der Waals surface area (Å²) in [6.07, 6.45) is 5.56. The van der Waals surface area contributed by atoms with E-state index >= 15 is 0 Å². The molecule has 18 heavy (non-hydrogen) atoms. The minimum absolute atomic E-state index is 0.0457. The molecule has 96 valence electrons. The number of ketones is 1. The zero-order chi connectivity index (χ0) is 13.0. The highest BCUT2D eigenvalue weighted by Crippen LogP contribution is 2.01. The zero-order valence-electron chi connectivity index (χ0n) is 10.3. The van der Waals surface area contributed by atoms with Gasteiger partial charge in [-0.05, 0) is 6.92 Å². The van der Waals surface area contributed by atoms with Crippen molar-refractivity contribution in [3.63, 3.8) is 0 Å². The maximum absolute atomic E-state index is 11.9. The van der Waals surface area contributed by atoms with Gasteiger partial charge in [-0.3, -0.25) is 4.79 Å². The molecule has 0 amide bonds. The van der Waals surface area contributed by atoms with Gasteiger partial charge in [0.05, 0.1) is 18.3 Å². The van der Waals surface area contributed by atoms with Crippen molar-refractivity contribution in [3.8, 4) is 0 Å². The fourth-order valence-corrected chi connectivity index (χ4v) is 1.72. The van der Waals surface area contributed by atoms with Crippen molar-refractivity contribution in [2.45, 2.75) is 33.0 Å². The summed E-state index contributed by atoms with van der Waals surface area (Å²) in [5, 5.41) is 7.67. The number of imidazole rings is 1. The molecule has 0 aliphatic rings. The number of aryl methyl sites for hydroxylation is 1. The Morgan fingerprint density at radius 1 is 1.50 bits per heavy atom. The molecule has 2 N–H and O–H groups in total. The van der Waals surface area contributed by atoms with E-state index < -0.39 is 0 Å². The molecule has 0 unspecified atom stereocenters. The normalized spacial score (nSPS) is 10.8. The summed E-state index contributed by atoms with van der Waals surface area (Å²) in [4.78, 5) is 16.0. The second-order valence-corrected chi connectivity index (χ2v) is 3.96. The van der Waals surface area contributed by atoms with E-state index in [2.05, 4.69) is 15.3 Å². The predicted molar refractivity (Wildman–Crippen MR) is 64.5 cm³/mol. The second kappa shape index (κ2) is 5.54. The number of Topliss-reactive ketones (excluding diaryl/α,β-unsaturated/α-hetero) is 1. The molecule has 0 fully saturated rings. The van der Waals surface area contributed by atoms with Crippen LogP contribution in [0.15, 0.2) is 18.6 Å². The number of hydrogen-bond acceptors (Lipinski definition) is 5. The lowest BCUT2D eigenvalue weighted by Crippen LogP contribution is -2.16. The van der Waals surface area contributed by atoms with Crippen LogP contribution >= 0.6 is 0 Å². The standard InChI is InChI=1S/C11H16N6O/c1-2-16-4-3-13-11(16)5-10(18)8-17-7-9(6-12)14-15-17/h3-4,7H,2,5-6,8,12H2,1H3. The van der Waals surface area contributed by atoms with E-state index in [1.54, 1.807) is 12.4 Å². The molecular formula is C11H16N6O. The molecular weight excluding hydrogens is 232 g/mol. The average molecular weight is 248 g/mol. The quantitative estimate of drug-likeness (QED) is 0.762. The Labute approximate surface area is 105 Å². The van der Waals surface area contributed by atoms with Crippen LogP contribution < -0.4 is 5.73 Å². The predicted octanol–water partition coefficient (Wildman–Crippen LogP) is -0.235. The van der Waals surface area contributed by atoms with E-state index in [0.717, 1.165) is 12.4 Å². The van der Waals surface area contributed by atoms with Crippen molar-refractivity contribution in [3.05, 3.63) is 30.1 Å². The lowest BCUT2D eigenvalue weighted by atomic mass is 10.2. The monoisotopic (exact) mass is 248 g/mol. The minimum atomic E-state index is 0.0457. The number of rotatable bonds is 6. The minimum Gasteiger partial charge on any atom is -0.335 e. The molecule has 0 saturated carbocycles. The van der Waals surface area contributed by atoms with Crippen LogP contribution in [0, 0.1) is 0 Å². The highest BCUT2D eigenvalue weighted by molar-refractivity contribution is 5.79. The van der Waals surface area contributed by atoms with Crippen molar-refractivity contribution in [1.29, 1.82) is 0 Å². The SMILES string of the molecule is CCn1ccnc1CC(=O)Cn1cc(CN)nn1. The lowest BCUT2D eigenvalue weighted by Gasteiger charge is -2.03. The van der Waals surface area contributed by atoms with Crippen molar-refractivity contribution in [1.82, 2.24) is 24.5 Å². The third-order valence-electron chi connectivity index (χ3n) is 2.63. The second-order valence-electron chi connectivity index (χ2n) is 3.96. The number of carbonyl (C=O) groups excluding carboxylic acids is 1. The lowest BCUT2D eigenvalue weighted by molar-refractivity contribution is -0.119. The summed E-state index contributed by atoms with van der Waals surface area (Å²) in [5.41, 5.74) is 6.11. The molecule has 2 aromatic heterocycles. The Bertz CT molecular complexity index is 529. The van der Waals surface area contributed by atoms with Gasteiger partial charge in [0.15, 0.2) is 5.78 Å². The first-order valence-corrected chi connectivity index (χ1v) is 5.83. The molecule has 7 heteroatoms. The fourth-order valence-electron chi connectivity index (χ4n) is 1.72. The van der Waals surface area contributed by atoms with Gasteiger partial charge in [0.2, 0.25) is 0 Å². The first kappa shape index (κ1) is 12.4. The molecule has 2 aromatic rings. The van der Waals surface area contributed by atoms with Crippen molar-refractivity contribution >= 4 is 5.78 Å². The zero-order valence-corrected chi connectivity index (χ0v) is 10.3. The van der Waals surface area contributed by atoms with Crippen LogP contribution in [0.25, 0.3) is 0 Å². The molecule has 0 atom stereocenters. The summed E-state index contributed by atoms with van der Waals surface area (Å²) >= 11 is 0. The van der Waals surface area contributed by atoms with Gasteiger partial charge >= 0.3 is 0 Å². The summed E-state index contributed by atoms with van der Waals surface area (Å²) in [6.45, 7) is 3.35. The number of hydrogen-bond donors (Lipinski definition) is 1. The van der Waals surface area contributed by atoms with E-state index in [1.807, 2.05) is 17.7 Å². The molecule has 0 radical (unpaired) electrons. The Morgan fingerprint density at radius 2 is 2.33 bits per heavy atom. The van der Waals surface area contributed by atoms with Gasteiger partial charge in [-0.25, -0.2) is 9.67 Å². The van der Waals surface area contributed by atoms with Crippen molar-refractivity contribution in [2.75, 3.05) is 0 Å². The van der Waals surface area contributed by atoms with Gasteiger partial charge in [0, 0.05) is 25.5 Å². The topological polar surface area (TPSA) is 91.6 Å². The summed E-state index contributed by atoms with van der Waals surface area (Å²) in [7, 11) is 0. The highest BCUT2D eigenvalue weighted by atomic mass is 16.1. The average Bonchev–Trinajstić information content (AvgIpc) is 2.97. The maximum Gasteiger partial charge on any atom is 0.161 e. The molecule has 0 aromatic carbocycles. The van der Waals surface area contributed by atoms with Crippen LogP contribution in [0.5, 0.6) is 0 Å². The Morgan fingerprint density at radius 3 is 3.00 bits per heavy atom. The highest BCUT2D eigenvalue weighted by Gasteiger charge is 2.10.